The molecule has 130 valence electrons. The van der Waals surface area contributed by atoms with Crippen LogP contribution in [0, 0.1) is 0 Å². The molecule has 1 aliphatic heterocycles. The van der Waals surface area contributed by atoms with E-state index in [-0.39, 0.29) is 29.3 Å². The summed E-state index contributed by atoms with van der Waals surface area (Å²) in [7, 11) is 0. The quantitative estimate of drug-likeness (QED) is 0.640. The second-order valence-electron chi connectivity index (χ2n) is 5.09. The zero-order valence-electron chi connectivity index (χ0n) is 12.7. The number of hydrogen-bond donors (Lipinski definition) is 0. The molecule has 0 amide bonds. The molecule has 1 aliphatic rings. The van der Waals surface area contributed by atoms with Crippen molar-refractivity contribution >= 4 is 11.8 Å². The van der Waals surface area contributed by atoms with E-state index in [9.17, 15) is 8.78 Å². The van der Waals surface area contributed by atoms with Crippen LogP contribution in [0.1, 0.15) is 24.4 Å². The summed E-state index contributed by atoms with van der Waals surface area (Å²) < 4.78 is 43.3. The van der Waals surface area contributed by atoms with Crippen molar-refractivity contribution in [3.63, 3.8) is 0 Å². The van der Waals surface area contributed by atoms with Crippen molar-refractivity contribution < 1.29 is 22.7 Å². The molecule has 0 radical (unpaired) electrons. The highest BCUT2D eigenvalue weighted by molar-refractivity contribution is 7.98. The van der Waals surface area contributed by atoms with E-state index < -0.39 is 12.7 Å². The summed E-state index contributed by atoms with van der Waals surface area (Å²) in [6.45, 7) is -2.39. The Morgan fingerprint density at radius 2 is 2.08 bits per heavy atom. The Balaban J connectivity index is 1.42. The van der Waals surface area contributed by atoms with E-state index in [4.69, 9.17) is 13.9 Å². The van der Waals surface area contributed by atoms with Crippen LogP contribution in [0.2, 0.25) is 0 Å². The number of alkyl halides is 2. The van der Waals surface area contributed by atoms with Crippen LogP contribution in [-0.4, -0.2) is 26.4 Å². The monoisotopic (exact) mass is 366 g/mol. The summed E-state index contributed by atoms with van der Waals surface area (Å²) in [6, 6.07) is 7.29. The number of imidazole rings is 1. The van der Waals surface area contributed by atoms with Gasteiger partial charge in [0.1, 0.15) is 12.4 Å². The van der Waals surface area contributed by atoms with E-state index in [1.54, 1.807) is 6.07 Å². The summed E-state index contributed by atoms with van der Waals surface area (Å²) >= 11 is 1.13. The van der Waals surface area contributed by atoms with E-state index in [1.165, 1.54) is 12.4 Å². The maximum absolute atomic E-state index is 12.8. The molecule has 0 saturated carbocycles. The third-order valence-electron chi connectivity index (χ3n) is 3.49. The zero-order valence-corrected chi connectivity index (χ0v) is 13.5. The molecule has 0 spiro atoms. The van der Waals surface area contributed by atoms with Gasteiger partial charge < -0.3 is 13.9 Å². The normalized spacial score (nSPS) is 16.4. The second kappa shape index (κ2) is 6.71. The molecule has 2 aromatic heterocycles. The largest absolute Gasteiger partial charge is 0.485 e. The number of para-hydroxylation sites is 2. The molecule has 10 heteroatoms. The molecular formula is C15H12F2N4O3S. The van der Waals surface area contributed by atoms with Crippen LogP contribution >= 0.6 is 11.8 Å². The SMILES string of the molecule is FC(F)n1ccnc1CSc1nnc(C2COc3ccccc3O2)o1. The van der Waals surface area contributed by atoms with Gasteiger partial charge in [-0.25, -0.2) is 4.98 Å². The lowest BCUT2D eigenvalue weighted by atomic mass is 10.2. The van der Waals surface area contributed by atoms with Crippen molar-refractivity contribution in [1.82, 2.24) is 19.7 Å². The van der Waals surface area contributed by atoms with E-state index in [0.717, 1.165) is 16.3 Å². The van der Waals surface area contributed by atoms with Crippen LogP contribution < -0.4 is 9.47 Å². The Hall–Kier alpha value is -2.62. The van der Waals surface area contributed by atoms with Crippen LogP contribution in [-0.2, 0) is 5.75 Å². The highest BCUT2D eigenvalue weighted by atomic mass is 32.2. The molecule has 7 nitrogen and oxygen atoms in total. The number of nitrogens with zero attached hydrogens (tertiary/aromatic N) is 4. The maximum Gasteiger partial charge on any atom is 0.319 e. The predicted octanol–water partition coefficient (Wildman–Crippen LogP) is 3.47. The number of thioether (sulfide) groups is 1. The fourth-order valence-electron chi connectivity index (χ4n) is 2.31. The lowest BCUT2D eigenvalue weighted by Crippen LogP contribution is -2.21. The topological polar surface area (TPSA) is 75.2 Å². The molecule has 0 bridgehead atoms. The van der Waals surface area contributed by atoms with Crippen molar-refractivity contribution in [1.29, 1.82) is 0 Å². The molecule has 25 heavy (non-hydrogen) atoms. The third kappa shape index (κ3) is 3.29. The predicted molar refractivity (Wildman–Crippen MR) is 82.6 cm³/mol. The lowest BCUT2D eigenvalue weighted by molar-refractivity contribution is 0.0676. The number of ether oxygens (including phenoxy) is 2. The summed E-state index contributed by atoms with van der Waals surface area (Å²) in [5, 5.41) is 8.11. The summed E-state index contributed by atoms with van der Waals surface area (Å²) in [5.74, 6) is 1.95. The zero-order chi connectivity index (χ0) is 17.2. The first-order valence-corrected chi connectivity index (χ1v) is 8.34. The van der Waals surface area contributed by atoms with Gasteiger partial charge in [0.25, 0.3) is 11.1 Å². The van der Waals surface area contributed by atoms with Gasteiger partial charge in [0.15, 0.2) is 11.5 Å². The van der Waals surface area contributed by atoms with Crippen LogP contribution in [0.5, 0.6) is 11.5 Å². The fraction of sp³-hybridized carbons (Fsp3) is 0.267. The third-order valence-corrected chi connectivity index (χ3v) is 4.30. The first-order chi connectivity index (χ1) is 12.2. The van der Waals surface area contributed by atoms with Crippen molar-refractivity contribution in [3.8, 4) is 11.5 Å². The Morgan fingerprint density at radius 1 is 1.24 bits per heavy atom. The molecule has 0 fully saturated rings. The van der Waals surface area contributed by atoms with Crippen molar-refractivity contribution in [2.75, 3.05) is 6.61 Å². The average Bonchev–Trinajstić information content (AvgIpc) is 3.29. The van der Waals surface area contributed by atoms with Gasteiger partial charge in [0.2, 0.25) is 6.10 Å². The summed E-state index contributed by atoms with van der Waals surface area (Å²) in [4.78, 5) is 3.90. The number of aromatic nitrogens is 4. The van der Waals surface area contributed by atoms with Crippen molar-refractivity contribution in [2.45, 2.75) is 23.6 Å². The second-order valence-corrected chi connectivity index (χ2v) is 6.01. The highest BCUT2D eigenvalue weighted by Crippen LogP contribution is 2.36. The van der Waals surface area contributed by atoms with Gasteiger partial charge in [-0.3, -0.25) is 4.57 Å². The Labute approximate surface area is 145 Å². The number of benzene rings is 1. The molecule has 1 atom stereocenters. The van der Waals surface area contributed by atoms with Crippen molar-refractivity contribution in [3.05, 3.63) is 48.4 Å². The van der Waals surface area contributed by atoms with Gasteiger partial charge in [-0.2, -0.15) is 8.78 Å². The van der Waals surface area contributed by atoms with Crippen LogP contribution in [0.15, 0.2) is 46.3 Å². The Kier molecular flexibility index (Phi) is 4.26. The first kappa shape index (κ1) is 15.9. The molecule has 0 aliphatic carbocycles. The molecule has 0 N–H and O–H groups in total. The maximum atomic E-state index is 12.8. The number of halogens is 2. The molecule has 1 unspecified atom stereocenters. The van der Waals surface area contributed by atoms with Gasteiger partial charge >= 0.3 is 6.55 Å². The first-order valence-electron chi connectivity index (χ1n) is 7.35. The smallest absolute Gasteiger partial charge is 0.319 e. The average molecular weight is 366 g/mol. The highest BCUT2D eigenvalue weighted by Gasteiger charge is 2.27. The molecule has 0 saturated heterocycles. The fourth-order valence-corrected chi connectivity index (χ4v) is 3.03. The Morgan fingerprint density at radius 3 is 2.92 bits per heavy atom. The van der Waals surface area contributed by atoms with Crippen LogP contribution in [0.3, 0.4) is 0 Å². The summed E-state index contributed by atoms with van der Waals surface area (Å²) in [5.41, 5.74) is 0. The van der Waals surface area contributed by atoms with E-state index in [0.29, 0.717) is 11.5 Å². The lowest BCUT2D eigenvalue weighted by Gasteiger charge is -2.23. The minimum absolute atomic E-state index is 0.184. The van der Waals surface area contributed by atoms with Crippen molar-refractivity contribution in [2.24, 2.45) is 0 Å². The standard InChI is InChI=1S/C15H12F2N4O3S/c16-14(17)21-6-5-18-12(21)8-25-15-20-19-13(24-15)11-7-22-9-3-1-2-4-10(9)23-11/h1-6,11,14H,7-8H2. The van der Waals surface area contributed by atoms with Crippen LogP contribution in [0.25, 0.3) is 0 Å². The number of hydrogen-bond acceptors (Lipinski definition) is 7. The molecular weight excluding hydrogens is 354 g/mol. The number of fused-ring (bicyclic) bond motifs is 1. The Bertz CT molecular complexity index is 870. The van der Waals surface area contributed by atoms with E-state index in [1.807, 2.05) is 18.2 Å². The molecule has 3 aromatic rings. The van der Waals surface area contributed by atoms with E-state index >= 15 is 0 Å². The molecule has 3 heterocycles. The summed E-state index contributed by atoms with van der Waals surface area (Å²) in [6.07, 6.45) is 2.04. The minimum atomic E-state index is -2.63. The molecule has 4 rings (SSSR count). The number of rotatable bonds is 5. The molecule has 1 aromatic carbocycles. The van der Waals surface area contributed by atoms with Gasteiger partial charge in [-0.05, 0) is 12.1 Å². The van der Waals surface area contributed by atoms with Gasteiger partial charge in [-0.1, -0.05) is 23.9 Å². The minimum Gasteiger partial charge on any atom is -0.485 e. The van der Waals surface area contributed by atoms with Crippen LogP contribution in [0.4, 0.5) is 8.78 Å². The van der Waals surface area contributed by atoms with E-state index in [2.05, 4.69) is 15.2 Å². The van der Waals surface area contributed by atoms with Gasteiger partial charge in [0, 0.05) is 12.4 Å². The van der Waals surface area contributed by atoms with Gasteiger partial charge in [0.05, 0.1) is 5.75 Å². The van der Waals surface area contributed by atoms with Gasteiger partial charge in [-0.15, -0.1) is 10.2 Å².